The van der Waals surface area contributed by atoms with Gasteiger partial charge >= 0.3 is 64.5 Å². The standard InChI is InChI=1S/16CO.6ClH.2Co.Os/c16*1-2;;;;;;;;;/h;;;;;;;;;;;;;;;;6*1H;;;/q;;;;;;;;;;;;;;;;;;;;;;;;+6/p-6. The predicted octanol–water partition coefficient (Wildman–Crippen LogP) is -2.22. The third kappa shape index (κ3) is 13900. The van der Waals surface area contributed by atoms with E-state index < -0.39 is 6.64 Å². The second-order valence-electron chi connectivity index (χ2n) is 0.758. The Kier molecular flexibility index (Phi) is 1050. The largest absolute Gasteiger partial charge is 0 e. The normalized spacial score (nSPS) is 5.51. The van der Waals surface area contributed by atoms with Gasteiger partial charge in [0.25, 0.3) is 109 Å². The Labute approximate surface area is 281 Å². The van der Waals surface area contributed by atoms with Gasteiger partial charge in [-0.05, 0) is 0 Å². The Balaban J connectivity index is -0.00000000759. The van der Waals surface area contributed by atoms with Crippen molar-refractivity contribution >= 4 is 166 Å². The molecule has 16 nitrogen and oxygen atoms in total. The molecule has 0 heterocycles. The van der Waals surface area contributed by atoms with E-state index in [9.17, 15) is 0 Å². The van der Waals surface area contributed by atoms with Gasteiger partial charge < -0.3 is 0 Å². The van der Waals surface area contributed by atoms with E-state index in [2.05, 4.69) is 109 Å². The molecule has 228 valence electrons. The Morgan fingerprint density at radius 2 is 0.195 bits per heavy atom. The fourth-order valence-corrected chi connectivity index (χ4v) is 0. The van der Waals surface area contributed by atoms with Gasteiger partial charge in [-0.2, -0.15) is 0 Å². The van der Waals surface area contributed by atoms with Crippen molar-refractivity contribution in [1.82, 2.24) is 0 Å². The van der Waals surface area contributed by atoms with Crippen LogP contribution >= 0.6 is 57.8 Å². The van der Waals surface area contributed by atoms with Crippen LogP contribution in [0.2, 0.25) is 0 Å². The van der Waals surface area contributed by atoms with E-state index in [4.69, 9.17) is 135 Å². The molecule has 0 aliphatic carbocycles. The molecule has 0 atom stereocenters. The molecule has 0 spiro atoms. The van der Waals surface area contributed by atoms with E-state index in [0.717, 1.165) is 0 Å². The molecule has 0 aliphatic rings. The van der Waals surface area contributed by atoms with Gasteiger partial charge in [-0.25, -0.2) is 0 Å². The summed E-state index contributed by atoms with van der Waals surface area (Å²) < 4.78 is 0. The van der Waals surface area contributed by atoms with Crippen molar-refractivity contribution in [1.29, 1.82) is 0 Å². The van der Waals surface area contributed by atoms with Gasteiger partial charge in [0.1, 0.15) is 0 Å². The summed E-state index contributed by atoms with van der Waals surface area (Å²) in [4.78, 5) is 120. The average molecular weight is 969 g/mol. The van der Waals surface area contributed by atoms with Crippen LogP contribution < -0.4 is 0 Å². The average Bonchev–Trinajstić information content (AvgIpc) is 3.07. The molecule has 25 heteroatoms. The summed E-state index contributed by atoms with van der Waals surface area (Å²) in [6.07, 6.45) is 0. The molecule has 0 saturated carbocycles. The first-order valence-corrected chi connectivity index (χ1v) is 23.0. The maximum absolute atomic E-state index is 7.50. The molecule has 34 radical (unpaired) electrons. The van der Waals surface area contributed by atoms with Crippen molar-refractivity contribution in [2.75, 3.05) is 0 Å². The first-order chi connectivity index (χ1) is 18.4. The second-order valence-corrected chi connectivity index (χ2v) is 55.8. The third-order valence-electron chi connectivity index (χ3n) is 0. The van der Waals surface area contributed by atoms with E-state index in [1.54, 1.807) is 0 Å². The van der Waals surface area contributed by atoms with Gasteiger partial charge in [0.2, 0.25) is 0 Å². The summed E-state index contributed by atoms with van der Waals surface area (Å²) in [5.74, 6) is 0. The fourth-order valence-electron chi connectivity index (χ4n) is 0. The van der Waals surface area contributed by atoms with Crippen LogP contribution in [0.5, 0.6) is 0 Å². The Morgan fingerprint density at radius 1 is 0.195 bits per heavy atom. The molecule has 0 aromatic carbocycles. The van der Waals surface area contributed by atoms with E-state index in [1.165, 1.54) is 0 Å². The van der Waals surface area contributed by atoms with Gasteiger partial charge in [0.15, 0.2) is 0 Å². The first-order valence-electron chi connectivity index (χ1n) is 4.07. The number of rotatable bonds is 0. The molecule has 0 aromatic heterocycles. The zero-order chi connectivity index (χ0) is 38.4. The Hall–Kier alpha value is -1.89. The smallest absolute Gasteiger partial charge is 0 e. The molecular weight excluding hydrogens is 969 g/mol. The summed E-state index contributed by atoms with van der Waals surface area (Å²) in [6, 6.07) is 0. The van der Waals surface area contributed by atoms with Crippen LogP contribution in [-0.2, 0) is 117 Å². The maximum atomic E-state index is 7.50. The second kappa shape index (κ2) is 305. The van der Waals surface area contributed by atoms with E-state index in [0.29, 0.717) is 0 Å². The van der Waals surface area contributed by atoms with Crippen LogP contribution in [0.25, 0.3) is 0 Å². The predicted molar refractivity (Wildman–Crippen MR) is 126 cm³/mol. The van der Waals surface area contributed by atoms with Crippen molar-refractivity contribution in [2.24, 2.45) is 0 Å². The molecule has 41 heavy (non-hydrogen) atoms. The molecule has 0 bridgehead atoms. The zero-order valence-corrected chi connectivity index (χ0v) is 27.0. The van der Waals surface area contributed by atoms with Crippen molar-refractivity contribution in [2.45, 2.75) is 0 Å². The monoisotopic (exact) mass is 968 g/mol. The van der Waals surface area contributed by atoms with Gasteiger partial charge in [0, 0.05) is 33.6 Å². The summed E-state index contributed by atoms with van der Waals surface area (Å²) >= 11 is 0. The molecule has 0 rings (SSSR count). The van der Waals surface area contributed by atoms with Crippen LogP contribution in [0.3, 0.4) is 0 Å². The Bertz CT molecular complexity index is 259. The van der Waals surface area contributed by atoms with Gasteiger partial charge in [-0.15, -0.1) is 0 Å². The van der Waals surface area contributed by atoms with Crippen molar-refractivity contribution < 1.29 is 117 Å². The molecule has 0 fully saturated rings. The fraction of sp³-hybridized carbons (Fsp3) is 0. The molecule has 0 N–H and O–H groups in total. The number of halogens is 6. The molecule has 0 aliphatic heterocycles. The van der Waals surface area contributed by atoms with E-state index in [1.807, 2.05) is 0 Å². The molecule has 0 unspecified atom stereocenters. The number of hydrogen-bond acceptors (Lipinski definition) is 16. The van der Waals surface area contributed by atoms with Crippen molar-refractivity contribution in [3.63, 3.8) is 0 Å². The van der Waals surface area contributed by atoms with E-state index in [-0.39, 0.29) is 33.6 Å². The van der Waals surface area contributed by atoms with E-state index >= 15 is 0 Å². The minimum atomic E-state index is -5.38. The van der Waals surface area contributed by atoms with Crippen LogP contribution in [0.1, 0.15) is 0 Å². The summed E-state index contributed by atoms with van der Waals surface area (Å²) in [7, 11) is 30.4. The van der Waals surface area contributed by atoms with Gasteiger partial charge in [-0.1, -0.05) is 0 Å². The summed E-state index contributed by atoms with van der Waals surface area (Å²) in [5.41, 5.74) is 0. The minimum Gasteiger partial charge on any atom is 0 e. The van der Waals surface area contributed by atoms with Crippen LogP contribution in [0.15, 0.2) is 0 Å². The minimum absolute atomic E-state index is 0. The van der Waals surface area contributed by atoms with Crippen LogP contribution in [-0.4, -0.2) is 109 Å². The zero-order valence-electron chi connectivity index (χ0n) is 17.8. The topological polar surface area (TPSA) is 273 Å². The maximum Gasteiger partial charge on any atom is 0 e. The summed E-state index contributed by atoms with van der Waals surface area (Å²) in [5, 5.41) is 0. The SMILES string of the molecule is [C]=O.[C]=O.[C]=O.[C]=O.[C]=O.[C]=O.[C]=O.[C]=O.[C]=O.[C]=O.[C]=O.[C]=O.[C]=O.[C]=O.[C]=O.[C]=O.[Cl][Os]([Cl])([Cl])([Cl])([Cl])[Cl].[Co].[Co]. The molecule has 0 saturated heterocycles. The quantitative estimate of drug-likeness (QED) is 0.249. The first kappa shape index (κ1) is 140. The number of carbonyl (C=O) groups excluding carboxylic acids is 16. The third-order valence-corrected chi connectivity index (χ3v) is 0. The number of hydrogen-bond donors (Lipinski definition) is 0. The molecular formula is C16Cl6Co2O16Os. The van der Waals surface area contributed by atoms with Gasteiger partial charge in [-0.3, -0.25) is 76.7 Å². The summed E-state index contributed by atoms with van der Waals surface area (Å²) in [6.45, 7) is 66.6. The van der Waals surface area contributed by atoms with Crippen LogP contribution in [0, 0.1) is 0 Å². The van der Waals surface area contributed by atoms with Crippen molar-refractivity contribution in [3.8, 4) is 0 Å². The van der Waals surface area contributed by atoms with Crippen molar-refractivity contribution in [3.05, 3.63) is 0 Å². The van der Waals surface area contributed by atoms with Gasteiger partial charge in [0.05, 0.1) is 0 Å². The van der Waals surface area contributed by atoms with Crippen LogP contribution in [0.4, 0.5) is 0 Å². The Morgan fingerprint density at radius 3 is 0.195 bits per heavy atom. The molecule has 0 aromatic rings. The molecule has 0 amide bonds.